The highest BCUT2D eigenvalue weighted by Crippen LogP contribution is 2.05. The zero-order valence-corrected chi connectivity index (χ0v) is 12.4. The molecule has 0 spiro atoms. The number of hydrogen-bond donors (Lipinski definition) is 1. The van der Waals surface area contributed by atoms with Crippen LogP contribution < -0.4 is 5.32 Å². The second-order valence-corrected chi connectivity index (χ2v) is 4.80. The van der Waals surface area contributed by atoms with Crippen molar-refractivity contribution in [1.82, 2.24) is 20.4 Å². The molecule has 7 nitrogen and oxygen atoms in total. The van der Waals surface area contributed by atoms with Crippen LogP contribution in [-0.4, -0.2) is 33.4 Å². The fourth-order valence-corrected chi connectivity index (χ4v) is 1.92. The Morgan fingerprint density at radius 3 is 2.68 bits per heavy atom. The van der Waals surface area contributed by atoms with Crippen molar-refractivity contribution in [3.63, 3.8) is 0 Å². The van der Waals surface area contributed by atoms with Gasteiger partial charge in [-0.05, 0) is 5.56 Å². The molecule has 0 fully saturated rings. The minimum atomic E-state index is -0.163. The van der Waals surface area contributed by atoms with Crippen LogP contribution in [-0.2, 0) is 22.7 Å². The van der Waals surface area contributed by atoms with Crippen LogP contribution in [0.15, 0.2) is 41.2 Å². The predicted octanol–water partition coefficient (Wildman–Crippen LogP) is 1.12. The summed E-state index contributed by atoms with van der Waals surface area (Å²) in [4.78, 5) is 28.9. The highest BCUT2D eigenvalue weighted by atomic mass is 16.5. The highest BCUT2D eigenvalue weighted by molar-refractivity contribution is 5.77. The fourth-order valence-electron chi connectivity index (χ4n) is 1.92. The average molecular weight is 302 g/mol. The molecule has 2 rings (SSSR count). The van der Waals surface area contributed by atoms with Crippen LogP contribution in [0.25, 0.3) is 0 Å². The smallest absolute Gasteiger partial charge is 0.222 e. The lowest BCUT2D eigenvalue weighted by atomic mass is 10.2. The number of benzene rings is 1. The maximum absolute atomic E-state index is 11.8. The summed E-state index contributed by atoms with van der Waals surface area (Å²) >= 11 is 0. The number of nitrogens with zero attached hydrogens (tertiary/aromatic N) is 3. The van der Waals surface area contributed by atoms with Crippen molar-refractivity contribution in [3.8, 4) is 0 Å². The first-order valence-electron chi connectivity index (χ1n) is 6.96. The van der Waals surface area contributed by atoms with Crippen molar-refractivity contribution in [1.29, 1.82) is 0 Å². The molecule has 0 aliphatic rings. The zero-order valence-electron chi connectivity index (χ0n) is 12.4. The molecule has 7 heteroatoms. The summed E-state index contributed by atoms with van der Waals surface area (Å²) in [5.74, 6) is 0.194. The van der Waals surface area contributed by atoms with Crippen LogP contribution in [0, 0.1) is 0 Å². The first-order valence-corrected chi connectivity index (χ1v) is 6.96. The van der Waals surface area contributed by atoms with Gasteiger partial charge in [0.1, 0.15) is 0 Å². The number of amides is 2. The molecule has 116 valence electrons. The molecule has 0 saturated heterocycles. The maximum atomic E-state index is 11.8. The molecule has 0 radical (unpaired) electrons. The van der Waals surface area contributed by atoms with E-state index in [0.29, 0.717) is 18.9 Å². The minimum absolute atomic E-state index is 0.0604. The van der Waals surface area contributed by atoms with Crippen molar-refractivity contribution in [2.75, 3.05) is 6.54 Å². The van der Waals surface area contributed by atoms with Crippen molar-refractivity contribution in [3.05, 3.63) is 48.1 Å². The lowest BCUT2D eigenvalue weighted by Crippen LogP contribution is -2.33. The van der Waals surface area contributed by atoms with Gasteiger partial charge in [0.2, 0.25) is 18.2 Å². The molecular weight excluding hydrogens is 284 g/mol. The molecule has 0 bridgehead atoms. The Hall–Kier alpha value is -2.70. The molecule has 1 heterocycles. The van der Waals surface area contributed by atoms with Crippen molar-refractivity contribution in [2.45, 2.75) is 26.4 Å². The third-order valence-corrected chi connectivity index (χ3v) is 3.12. The van der Waals surface area contributed by atoms with Gasteiger partial charge >= 0.3 is 0 Å². The standard InChI is InChI=1S/C15H18N4O3/c1-12(20)19(10-13-5-3-2-4-6-13)8-7-15(21)16-9-14-17-11-22-18-14/h2-6,11H,7-10H2,1H3,(H,16,21). The van der Waals surface area contributed by atoms with E-state index in [4.69, 9.17) is 0 Å². The van der Waals surface area contributed by atoms with Crippen molar-refractivity contribution < 1.29 is 14.1 Å². The van der Waals surface area contributed by atoms with Gasteiger partial charge in [0.25, 0.3) is 0 Å². The lowest BCUT2D eigenvalue weighted by molar-refractivity contribution is -0.130. The van der Waals surface area contributed by atoms with Gasteiger partial charge in [-0.15, -0.1) is 0 Å². The topological polar surface area (TPSA) is 88.3 Å². The zero-order chi connectivity index (χ0) is 15.8. The first kappa shape index (κ1) is 15.7. The van der Waals surface area contributed by atoms with E-state index in [9.17, 15) is 9.59 Å². The number of carbonyl (C=O) groups is 2. The molecule has 1 aromatic heterocycles. The van der Waals surface area contributed by atoms with Gasteiger partial charge in [0.15, 0.2) is 5.82 Å². The van der Waals surface area contributed by atoms with Crippen LogP contribution in [0.3, 0.4) is 0 Å². The minimum Gasteiger partial charge on any atom is -0.349 e. The van der Waals surface area contributed by atoms with Crippen LogP contribution >= 0.6 is 0 Å². The summed E-state index contributed by atoms with van der Waals surface area (Å²) < 4.78 is 4.58. The van der Waals surface area contributed by atoms with Gasteiger partial charge in [-0.1, -0.05) is 35.5 Å². The van der Waals surface area contributed by atoms with E-state index in [1.54, 1.807) is 4.90 Å². The predicted molar refractivity (Wildman–Crippen MR) is 78.3 cm³/mol. The molecular formula is C15H18N4O3. The number of aromatic nitrogens is 2. The highest BCUT2D eigenvalue weighted by Gasteiger charge is 2.12. The SMILES string of the molecule is CC(=O)N(CCC(=O)NCc1ncon1)Cc1ccccc1. The van der Waals surface area contributed by atoms with Gasteiger partial charge < -0.3 is 14.7 Å². The summed E-state index contributed by atoms with van der Waals surface area (Å²) in [7, 11) is 0. The van der Waals surface area contributed by atoms with Crippen LogP contribution in [0.5, 0.6) is 0 Å². The molecule has 2 amide bonds. The molecule has 22 heavy (non-hydrogen) atoms. The van der Waals surface area contributed by atoms with E-state index in [1.165, 1.54) is 13.3 Å². The molecule has 0 unspecified atom stereocenters. The Labute approximate surface area is 128 Å². The summed E-state index contributed by atoms with van der Waals surface area (Å²) in [5, 5.41) is 6.28. The molecule has 0 aliphatic heterocycles. The molecule has 0 aliphatic carbocycles. The Morgan fingerprint density at radius 1 is 1.27 bits per heavy atom. The van der Waals surface area contributed by atoms with Gasteiger partial charge in [-0.25, -0.2) is 0 Å². The van der Waals surface area contributed by atoms with Crippen molar-refractivity contribution >= 4 is 11.8 Å². The summed E-state index contributed by atoms with van der Waals surface area (Å²) in [5.41, 5.74) is 1.03. The number of hydrogen-bond acceptors (Lipinski definition) is 5. The fraction of sp³-hybridized carbons (Fsp3) is 0.333. The van der Waals surface area contributed by atoms with Crippen LogP contribution in [0.2, 0.25) is 0 Å². The average Bonchev–Trinajstić information content (AvgIpc) is 3.03. The Kier molecular flexibility index (Phi) is 5.65. The van der Waals surface area contributed by atoms with E-state index in [0.717, 1.165) is 5.56 Å². The molecule has 0 saturated carbocycles. The Bertz CT molecular complexity index is 599. The number of rotatable bonds is 7. The number of carbonyl (C=O) groups excluding carboxylic acids is 2. The van der Waals surface area contributed by atoms with E-state index in [2.05, 4.69) is 20.0 Å². The van der Waals surface area contributed by atoms with Gasteiger partial charge in [-0.2, -0.15) is 4.98 Å². The van der Waals surface area contributed by atoms with Crippen LogP contribution in [0.1, 0.15) is 24.7 Å². The van der Waals surface area contributed by atoms with Crippen LogP contribution in [0.4, 0.5) is 0 Å². The summed E-state index contributed by atoms with van der Waals surface area (Å²) in [6, 6.07) is 9.67. The maximum Gasteiger partial charge on any atom is 0.222 e. The normalized spacial score (nSPS) is 10.2. The summed E-state index contributed by atoms with van der Waals surface area (Å²) in [6.45, 7) is 2.57. The van der Waals surface area contributed by atoms with Gasteiger partial charge in [0.05, 0.1) is 6.54 Å². The lowest BCUT2D eigenvalue weighted by Gasteiger charge is -2.20. The molecule has 1 aromatic carbocycles. The van der Waals surface area contributed by atoms with E-state index in [1.807, 2.05) is 30.3 Å². The molecule has 2 aromatic rings. The van der Waals surface area contributed by atoms with E-state index >= 15 is 0 Å². The summed E-state index contributed by atoms with van der Waals surface area (Å²) in [6.07, 6.45) is 1.43. The van der Waals surface area contributed by atoms with E-state index < -0.39 is 0 Å². The first-order chi connectivity index (χ1) is 10.6. The quantitative estimate of drug-likeness (QED) is 0.828. The van der Waals surface area contributed by atoms with Gasteiger partial charge in [-0.3, -0.25) is 9.59 Å². The Morgan fingerprint density at radius 2 is 2.05 bits per heavy atom. The Balaban J connectivity index is 1.78. The monoisotopic (exact) mass is 302 g/mol. The van der Waals surface area contributed by atoms with E-state index in [-0.39, 0.29) is 24.8 Å². The van der Waals surface area contributed by atoms with Crippen molar-refractivity contribution in [2.24, 2.45) is 0 Å². The van der Waals surface area contributed by atoms with Gasteiger partial charge in [0, 0.05) is 26.4 Å². The number of nitrogens with one attached hydrogen (secondary N) is 1. The largest absolute Gasteiger partial charge is 0.349 e. The second-order valence-electron chi connectivity index (χ2n) is 4.80. The second kappa shape index (κ2) is 7.92. The third-order valence-electron chi connectivity index (χ3n) is 3.12. The molecule has 0 atom stereocenters. The third kappa shape index (κ3) is 5.01. The molecule has 1 N–H and O–H groups in total.